The third kappa shape index (κ3) is 5.29. The van der Waals surface area contributed by atoms with Crippen LogP contribution in [0.5, 0.6) is 11.5 Å². The Kier molecular flexibility index (Phi) is 5.88. The van der Waals surface area contributed by atoms with Crippen molar-refractivity contribution in [1.82, 2.24) is 0 Å². The van der Waals surface area contributed by atoms with Crippen LogP contribution in [0, 0.1) is 11.6 Å². The number of ether oxygens (including phenoxy) is 1. The minimum Gasteiger partial charge on any atom is -0.450 e. The summed E-state index contributed by atoms with van der Waals surface area (Å²) in [6, 6.07) is 4.34. The van der Waals surface area contributed by atoms with Gasteiger partial charge in [-0.1, -0.05) is 0 Å². The predicted molar refractivity (Wildman–Crippen MR) is 92.7 cm³/mol. The van der Waals surface area contributed by atoms with E-state index in [9.17, 15) is 22.0 Å². The third-order valence-electron chi connectivity index (χ3n) is 2.94. The Hall–Kier alpha value is -2.89. The Morgan fingerprint density at radius 2 is 1.59 bits per heavy atom. The van der Waals surface area contributed by atoms with Gasteiger partial charge in [0, 0.05) is 6.07 Å². The van der Waals surface area contributed by atoms with Crippen LogP contribution in [0.3, 0.4) is 0 Å². The number of guanidine groups is 2. The molecule has 2 aromatic carbocycles. The Balaban J connectivity index is 2.41. The molecule has 6 N–H and O–H groups in total. The molecule has 27 heavy (non-hydrogen) atoms. The molecule has 0 aliphatic rings. The third-order valence-corrected chi connectivity index (χ3v) is 3.59. The molecule has 6 nitrogen and oxygen atoms in total. The van der Waals surface area contributed by atoms with Crippen LogP contribution >= 0.6 is 15.9 Å². The molecule has 0 bridgehead atoms. The SMILES string of the molecule is NC(N)=NC(N)=Nc1ccc(Br)c(Oc2c(F)cc(C(F)(F)F)cc2F)c1. The van der Waals surface area contributed by atoms with Gasteiger partial charge in [-0.15, -0.1) is 0 Å². The fraction of sp³-hybridized carbons (Fsp3) is 0.0667. The standard InChI is InChI=1S/C15H11BrF5N5O/c16-8-2-1-7(25-14(24)26-13(22)23)5-11(8)27-12-9(17)3-6(4-10(12)18)15(19,20)21/h1-5H,(H6,22,23,24,25,26). The van der Waals surface area contributed by atoms with Gasteiger partial charge < -0.3 is 21.9 Å². The average molecular weight is 452 g/mol. The first-order chi connectivity index (χ1) is 12.5. The second-order valence-corrected chi connectivity index (χ2v) is 5.84. The first-order valence-corrected chi connectivity index (χ1v) is 7.74. The molecule has 12 heteroatoms. The van der Waals surface area contributed by atoms with E-state index in [1.165, 1.54) is 18.2 Å². The van der Waals surface area contributed by atoms with Gasteiger partial charge >= 0.3 is 6.18 Å². The molecule has 0 aliphatic carbocycles. The molecule has 0 radical (unpaired) electrons. The van der Waals surface area contributed by atoms with Gasteiger partial charge in [0.15, 0.2) is 23.3 Å². The molecule has 0 saturated carbocycles. The highest BCUT2D eigenvalue weighted by atomic mass is 79.9. The van der Waals surface area contributed by atoms with Crippen LogP contribution in [0.15, 0.2) is 44.8 Å². The molecule has 0 amide bonds. The lowest BCUT2D eigenvalue weighted by Crippen LogP contribution is -2.26. The van der Waals surface area contributed by atoms with E-state index in [4.69, 9.17) is 21.9 Å². The summed E-state index contributed by atoms with van der Waals surface area (Å²) in [5, 5.41) is 0. The quantitative estimate of drug-likeness (QED) is 0.374. The summed E-state index contributed by atoms with van der Waals surface area (Å²) in [6.45, 7) is 0. The van der Waals surface area contributed by atoms with Gasteiger partial charge in [0.25, 0.3) is 0 Å². The number of nitrogens with zero attached hydrogens (tertiary/aromatic N) is 2. The first-order valence-electron chi connectivity index (χ1n) is 6.95. The molecule has 0 heterocycles. The molecule has 0 fully saturated rings. The van der Waals surface area contributed by atoms with E-state index in [0.29, 0.717) is 0 Å². The summed E-state index contributed by atoms with van der Waals surface area (Å²) in [5.41, 5.74) is 14.5. The maximum Gasteiger partial charge on any atom is 0.416 e. The lowest BCUT2D eigenvalue weighted by atomic mass is 10.2. The number of hydrogen-bond acceptors (Lipinski definition) is 2. The van der Waals surface area contributed by atoms with Gasteiger partial charge in [-0.25, -0.2) is 13.8 Å². The summed E-state index contributed by atoms with van der Waals surface area (Å²) >= 11 is 3.09. The number of alkyl halides is 3. The molecule has 144 valence electrons. The van der Waals surface area contributed by atoms with Crippen molar-refractivity contribution in [3.8, 4) is 11.5 Å². The van der Waals surface area contributed by atoms with Gasteiger partial charge in [-0.05, 0) is 40.2 Å². The van der Waals surface area contributed by atoms with Gasteiger partial charge in [-0.3, -0.25) is 0 Å². The van der Waals surface area contributed by atoms with Crippen LogP contribution in [0.25, 0.3) is 0 Å². The molecule has 0 atom stereocenters. The Morgan fingerprint density at radius 1 is 1.00 bits per heavy atom. The van der Waals surface area contributed by atoms with Gasteiger partial charge in [0.1, 0.15) is 5.75 Å². The first kappa shape index (κ1) is 20.4. The van der Waals surface area contributed by atoms with Crippen LogP contribution < -0.4 is 21.9 Å². The van der Waals surface area contributed by atoms with Crippen molar-refractivity contribution in [2.75, 3.05) is 0 Å². The summed E-state index contributed by atoms with van der Waals surface area (Å²) in [6.07, 6.45) is -4.90. The summed E-state index contributed by atoms with van der Waals surface area (Å²) in [7, 11) is 0. The molecular weight excluding hydrogens is 441 g/mol. The average Bonchev–Trinajstić information content (AvgIpc) is 2.51. The zero-order chi connectivity index (χ0) is 20.4. The Morgan fingerprint density at radius 3 is 2.11 bits per heavy atom. The molecular formula is C15H11BrF5N5O. The minimum atomic E-state index is -4.90. The molecule has 0 aliphatic heterocycles. The van der Waals surface area contributed by atoms with Crippen molar-refractivity contribution < 1.29 is 26.7 Å². The number of hydrogen-bond donors (Lipinski definition) is 3. The van der Waals surface area contributed by atoms with Crippen molar-refractivity contribution in [3.05, 3.63) is 52.0 Å². The second-order valence-electron chi connectivity index (χ2n) is 4.99. The van der Waals surface area contributed by atoms with Crippen molar-refractivity contribution in [2.45, 2.75) is 6.18 Å². The van der Waals surface area contributed by atoms with Crippen molar-refractivity contribution >= 4 is 33.5 Å². The number of halogens is 6. The van der Waals surface area contributed by atoms with Crippen molar-refractivity contribution in [3.63, 3.8) is 0 Å². The van der Waals surface area contributed by atoms with E-state index >= 15 is 0 Å². The maximum absolute atomic E-state index is 13.9. The summed E-state index contributed by atoms with van der Waals surface area (Å²) in [5.74, 6) is -4.83. The fourth-order valence-corrected chi connectivity index (χ4v) is 2.19. The minimum absolute atomic E-state index is 0.130. The van der Waals surface area contributed by atoms with Crippen LogP contribution in [0.4, 0.5) is 27.6 Å². The van der Waals surface area contributed by atoms with Crippen LogP contribution in [-0.4, -0.2) is 11.9 Å². The molecule has 2 rings (SSSR count). The topological polar surface area (TPSA) is 112 Å². The van der Waals surface area contributed by atoms with E-state index in [-0.39, 0.29) is 40.0 Å². The monoisotopic (exact) mass is 451 g/mol. The maximum atomic E-state index is 13.9. The van der Waals surface area contributed by atoms with E-state index in [1.54, 1.807) is 0 Å². The fourth-order valence-electron chi connectivity index (χ4n) is 1.86. The van der Waals surface area contributed by atoms with Gasteiger partial charge in [0.2, 0.25) is 5.96 Å². The summed E-state index contributed by atoms with van der Waals surface area (Å²) in [4.78, 5) is 7.33. The number of rotatable bonds is 3. The van der Waals surface area contributed by atoms with Crippen LogP contribution in [-0.2, 0) is 6.18 Å². The van der Waals surface area contributed by atoms with Gasteiger partial charge in [0.05, 0.1) is 15.7 Å². The Bertz CT molecular complexity index is 902. The highest BCUT2D eigenvalue weighted by Crippen LogP contribution is 2.38. The van der Waals surface area contributed by atoms with Crippen LogP contribution in [0.2, 0.25) is 0 Å². The van der Waals surface area contributed by atoms with E-state index in [2.05, 4.69) is 25.9 Å². The highest BCUT2D eigenvalue weighted by molar-refractivity contribution is 9.10. The van der Waals surface area contributed by atoms with Crippen molar-refractivity contribution in [1.29, 1.82) is 0 Å². The summed E-state index contributed by atoms with van der Waals surface area (Å²) < 4.78 is 71.0. The normalized spacial score (nSPS) is 12.0. The second kappa shape index (κ2) is 7.78. The van der Waals surface area contributed by atoms with E-state index < -0.39 is 29.1 Å². The smallest absolute Gasteiger partial charge is 0.416 e. The zero-order valence-electron chi connectivity index (χ0n) is 13.2. The molecule has 0 saturated heterocycles. The lowest BCUT2D eigenvalue weighted by Gasteiger charge is -2.13. The zero-order valence-corrected chi connectivity index (χ0v) is 14.8. The number of nitrogens with two attached hydrogens (primary N) is 3. The Labute approximate surface area is 157 Å². The molecule has 0 aromatic heterocycles. The largest absolute Gasteiger partial charge is 0.450 e. The predicted octanol–water partition coefficient (Wildman–Crippen LogP) is 3.76. The molecule has 0 unspecified atom stereocenters. The van der Waals surface area contributed by atoms with E-state index in [1.807, 2.05) is 0 Å². The van der Waals surface area contributed by atoms with Crippen LogP contribution in [0.1, 0.15) is 5.56 Å². The molecule has 2 aromatic rings. The lowest BCUT2D eigenvalue weighted by molar-refractivity contribution is -0.138. The highest BCUT2D eigenvalue weighted by Gasteiger charge is 2.33. The van der Waals surface area contributed by atoms with Gasteiger partial charge in [-0.2, -0.15) is 18.2 Å². The van der Waals surface area contributed by atoms with Crippen molar-refractivity contribution in [2.24, 2.45) is 27.2 Å². The number of benzene rings is 2. The number of aliphatic imine (C=N–C) groups is 2. The van der Waals surface area contributed by atoms with E-state index in [0.717, 1.165) is 0 Å². The molecule has 0 spiro atoms.